The van der Waals surface area contributed by atoms with Crippen LogP contribution in [0.3, 0.4) is 0 Å². The third kappa shape index (κ3) is 4.23. The number of rotatable bonds is 4. The van der Waals surface area contributed by atoms with Crippen LogP contribution in [0, 0.1) is 0 Å². The van der Waals surface area contributed by atoms with Gasteiger partial charge < -0.3 is 10.2 Å². The summed E-state index contributed by atoms with van der Waals surface area (Å²) in [6, 6.07) is 8.76. The number of carbonyl (C=O) groups is 1. The lowest BCUT2D eigenvalue weighted by Crippen LogP contribution is -2.48. The number of nitrogens with zero attached hydrogens (tertiary/aromatic N) is 1. The fourth-order valence-electron chi connectivity index (χ4n) is 2.80. The summed E-state index contributed by atoms with van der Waals surface area (Å²) in [4.78, 5) is 14.2. The molecule has 3 nitrogen and oxygen atoms in total. The van der Waals surface area contributed by atoms with Gasteiger partial charge in [0, 0.05) is 23.6 Å². The normalized spacial score (nSPS) is 18.9. The Balaban J connectivity index is 1.79. The van der Waals surface area contributed by atoms with E-state index in [0.717, 1.165) is 36.7 Å². The lowest BCUT2D eigenvalue weighted by Gasteiger charge is -2.35. The highest BCUT2D eigenvalue weighted by Gasteiger charge is 2.24. The first-order chi connectivity index (χ1) is 9.70. The molecule has 1 atom stereocenters. The van der Waals surface area contributed by atoms with Gasteiger partial charge in [-0.2, -0.15) is 0 Å². The van der Waals surface area contributed by atoms with Crippen molar-refractivity contribution < 1.29 is 4.79 Å². The second-order valence-electron chi connectivity index (χ2n) is 5.36. The number of nitrogens with one attached hydrogen (secondary N) is 1. The average molecular weight is 339 g/mol. The first-order valence-corrected chi connectivity index (χ1v) is 8.29. The van der Waals surface area contributed by atoms with Crippen LogP contribution in [0.15, 0.2) is 28.7 Å². The van der Waals surface area contributed by atoms with Crippen molar-refractivity contribution in [2.24, 2.45) is 0 Å². The van der Waals surface area contributed by atoms with Gasteiger partial charge in [-0.25, -0.2) is 4.79 Å². The van der Waals surface area contributed by atoms with Crippen LogP contribution in [0.4, 0.5) is 4.79 Å². The second kappa shape index (κ2) is 7.67. The Labute approximate surface area is 129 Å². The Morgan fingerprint density at radius 2 is 2.30 bits per heavy atom. The molecule has 1 aromatic carbocycles. The van der Waals surface area contributed by atoms with E-state index in [-0.39, 0.29) is 6.03 Å². The highest BCUT2D eigenvalue weighted by Crippen LogP contribution is 2.19. The van der Waals surface area contributed by atoms with E-state index in [9.17, 15) is 4.79 Å². The Hall–Kier alpha value is -1.03. The van der Waals surface area contributed by atoms with Crippen LogP contribution in [-0.4, -0.2) is 30.1 Å². The molecule has 1 fully saturated rings. The minimum Gasteiger partial charge on any atom is -0.338 e. The molecule has 0 aliphatic carbocycles. The van der Waals surface area contributed by atoms with Crippen LogP contribution in [0.1, 0.15) is 38.2 Å². The van der Waals surface area contributed by atoms with Crippen molar-refractivity contribution in [2.75, 3.05) is 13.1 Å². The van der Waals surface area contributed by atoms with Gasteiger partial charge in [0.25, 0.3) is 0 Å². The minimum atomic E-state index is 0.103. The summed E-state index contributed by atoms with van der Waals surface area (Å²) in [5, 5.41) is 3.06. The first kappa shape index (κ1) is 15.4. The molecule has 1 unspecified atom stereocenters. The number of amides is 2. The lowest BCUT2D eigenvalue weighted by atomic mass is 10.0. The summed E-state index contributed by atoms with van der Waals surface area (Å²) in [6.45, 7) is 3.77. The van der Waals surface area contributed by atoms with Gasteiger partial charge in [-0.05, 0) is 49.8 Å². The van der Waals surface area contributed by atoms with Crippen molar-refractivity contribution in [1.82, 2.24) is 10.2 Å². The molecular weight excluding hydrogens is 316 g/mol. The van der Waals surface area contributed by atoms with E-state index in [1.807, 2.05) is 17.0 Å². The van der Waals surface area contributed by atoms with Crippen molar-refractivity contribution in [3.63, 3.8) is 0 Å². The fourth-order valence-corrected chi connectivity index (χ4v) is 3.25. The molecule has 0 spiro atoms. The van der Waals surface area contributed by atoms with Crippen LogP contribution in [-0.2, 0) is 6.42 Å². The van der Waals surface area contributed by atoms with E-state index in [1.54, 1.807) is 0 Å². The number of likely N-dealkylation sites (tertiary alicyclic amines) is 1. The molecule has 1 aliphatic heterocycles. The summed E-state index contributed by atoms with van der Waals surface area (Å²) < 4.78 is 1.09. The molecule has 1 saturated heterocycles. The van der Waals surface area contributed by atoms with Gasteiger partial charge in [0.2, 0.25) is 0 Å². The number of carbonyl (C=O) groups excluding carboxylic acids is 1. The van der Waals surface area contributed by atoms with Crippen molar-refractivity contribution in [3.05, 3.63) is 34.3 Å². The minimum absolute atomic E-state index is 0.103. The predicted molar refractivity (Wildman–Crippen MR) is 85.9 cm³/mol. The van der Waals surface area contributed by atoms with Gasteiger partial charge in [0.1, 0.15) is 0 Å². The largest absolute Gasteiger partial charge is 0.338 e. The lowest BCUT2D eigenvalue weighted by molar-refractivity contribution is 0.149. The van der Waals surface area contributed by atoms with Gasteiger partial charge in [0.05, 0.1) is 0 Å². The van der Waals surface area contributed by atoms with Crippen LogP contribution >= 0.6 is 15.9 Å². The molecule has 4 heteroatoms. The predicted octanol–water partition coefficient (Wildman–Crippen LogP) is 3.97. The molecule has 110 valence electrons. The summed E-state index contributed by atoms with van der Waals surface area (Å²) in [7, 11) is 0. The van der Waals surface area contributed by atoms with Crippen molar-refractivity contribution in [3.8, 4) is 0 Å². The monoisotopic (exact) mass is 338 g/mol. The SMILES string of the molecule is CCC1CCCCN1C(=O)NCCc1cccc(Br)c1. The highest BCUT2D eigenvalue weighted by molar-refractivity contribution is 9.10. The number of piperidine rings is 1. The van der Waals surface area contributed by atoms with Crippen LogP contribution < -0.4 is 5.32 Å². The molecular formula is C16H23BrN2O. The van der Waals surface area contributed by atoms with Crippen LogP contribution in [0.25, 0.3) is 0 Å². The Bertz CT molecular complexity index is 450. The zero-order valence-electron chi connectivity index (χ0n) is 12.1. The second-order valence-corrected chi connectivity index (χ2v) is 6.28. The zero-order valence-corrected chi connectivity index (χ0v) is 13.7. The molecule has 1 heterocycles. The smallest absolute Gasteiger partial charge is 0.317 e. The quantitative estimate of drug-likeness (QED) is 0.885. The molecule has 0 aromatic heterocycles. The molecule has 1 aliphatic rings. The Kier molecular flexibility index (Phi) is 5.89. The van der Waals surface area contributed by atoms with E-state index < -0.39 is 0 Å². The number of benzene rings is 1. The summed E-state index contributed by atoms with van der Waals surface area (Å²) in [6.07, 6.45) is 5.46. The molecule has 1 N–H and O–H groups in total. The maximum Gasteiger partial charge on any atom is 0.317 e. The van der Waals surface area contributed by atoms with Crippen molar-refractivity contribution in [1.29, 1.82) is 0 Å². The first-order valence-electron chi connectivity index (χ1n) is 7.49. The molecule has 2 rings (SSSR count). The highest BCUT2D eigenvalue weighted by atomic mass is 79.9. The number of hydrogen-bond donors (Lipinski definition) is 1. The average Bonchev–Trinajstić information content (AvgIpc) is 2.47. The van der Waals surface area contributed by atoms with Crippen molar-refractivity contribution in [2.45, 2.75) is 45.1 Å². The molecule has 1 aromatic rings. The molecule has 0 bridgehead atoms. The molecule has 2 amide bonds. The summed E-state index contributed by atoms with van der Waals surface area (Å²) in [5.41, 5.74) is 1.24. The molecule has 0 saturated carbocycles. The van der Waals surface area contributed by atoms with Crippen molar-refractivity contribution >= 4 is 22.0 Å². The van der Waals surface area contributed by atoms with Gasteiger partial charge >= 0.3 is 6.03 Å². The maximum absolute atomic E-state index is 12.2. The van der Waals surface area contributed by atoms with Gasteiger partial charge in [-0.15, -0.1) is 0 Å². The maximum atomic E-state index is 12.2. The topological polar surface area (TPSA) is 32.3 Å². The van der Waals surface area contributed by atoms with E-state index in [1.165, 1.54) is 12.0 Å². The zero-order chi connectivity index (χ0) is 14.4. The van der Waals surface area contributed by atoms with E-state index in [0.29, 0.717) is 12.6 Å². The van der Waals surface area contributed by atoms with Gasteiger partial charge in [-0.1, -0.05) is 35.0 Å². The summed E-state index contributed by atoms with van der Waals surface area (Å²) >= 11 is 3.47. The standard InChI is InChI=1S/C16H23BrN2O/c1-2-15-8-3-4-11-19(15)16(20)18-10-9-13-6-5-7-14(17)12-13/h5-7,12,15H,2-4,8-11H2,1H3,(H,18,20). The van der Waals surface area contributed by atoms with E-state index in [4.69, 9.17) is 0 Å². The Morgan fingerprint density at radius 1 is 1.45 bits per heavy atom. The fraction of sp³-hybridized carbons (Fsp3) is 0.562. The van der Waals surface area contributed by atoms with E-state index in [2.05, 4.69) is 40.3 Å². The number of hydrogen-bond acceptors (Lipinski definition) is 1. The van der Waals surface area contributed by atoms with Gasteiger partial charge in [0.15, 0.2) is 0 Å². The summed E-state index contributed by atoms with van der Waals surface area (Å²) in [5.74, 6) is 0. The number of halogens is 1. The van der Waals surface area contributed by atoms with Gasteiger partial charge in [-0.3, -0.25) is 0 Å². The Morgan fingerprint density at radius 3 is 3.05 bits per heavy atom. The number of urea groups is 1. The third-order valence-corrected chi connectivity index (χ3v) is 4.43. The van der Waals surface area contributed by atoms with E-state index >= 15 is 0 Å². The molecule has 20 heavy (non-hydrogen) atoms. The third-order valence-electron chi connectivity index (χ3n) is 3.94. The molecule has 0 radical (unpaired) electrons. The van der Waals surface area contributed by atoms with Crippen LogP contribution in [0.2, 0.25) is 0 Å². The van der Waals surface area contributed by atoms with Crippen LogP contribution in [0.5, 0.6) is 0 Å².